The maximum absolute atomic E-state index is 5.78. The topological polar surface area (TPSA) is 38.9 Å². The summed E-state index contributed by atoms with van der Waals surface area (Å²) in [5.41, 5.74) is 9.62. The first kappa shape index (κ1) is 11.2. The molecule has 0 fully saturated rings. The number of benzene rings is 1. The summed E-state index contributed by atoms with van der Waals surface area (Å²) in [6, 6.07) is 6.61. The summed E-state index contributed by atoms with van der Waals surface area (Å²) in [4.78, 5) is 5.75. The molecule has 1 heterocycles. The molecule has 0 saturated carbocycles. The highest BCUT2D eigenvalue weighted by molar-refractivity contribution is 9.10. The summed E-state index contributed by atoms with van der Waals surface area (Å²) in [6.07, 6.45) is 2.21. The molecule has 0 amide bonds. The Labute approximate surface area is 113 Å². The van der Waals surface area contributed by atoms with Crippen LogP contribution < -0.4 is 5.73 Å². The Morgan fingerprint density at radius 1 is 1.47 bits per heavy atom. The van der Waals surface area contributed by atoms with E-state index in [1.165, 1.54) is 26.2 Å². The molecule has 17 heavy (non-hydrogen) atoms. The highest BCUT2D eigenvalue weighted by atomic mass is 79.9. The van der Waals surface area contributed by atoms with Gasteiger partial charge < -0.3 is 5.73 Å². The molecule has 1 aliphatic carbocycles. The minimum Gasteiger partial charge on any atom is -0.375 e. The molecule has 0 saturated heterocycles. The zero-order chi connectivity index (χ0) is 12.0. The van der Waals surface area contributed by atoms with Crippen LogP contribution in [0.15, 0.2) is 22.7 Å². The SMILES string of the molecule is Cc1ccc(C2CCc3nc(N)sc32)cc1Br. The molecular weight excluding hydrogens is 296 g/mol. The highest BCUT2D eigenvalue weighted by Gasteiger charge is 2.27. The van der Waals surface area contributed by atoms with Crippen LogP contribution in [0.4, 0.5) is 5.13 Å². The van der Waals surface area contributed by atoms with Crippen LogP contribution in [0, 0.1) is 6.92 Å². The summed E-state index contributed by atoms with van der Waals surface area (Å²) in [7, 11) is 0. The average Bonchev–Trinajstić information content (AvgIpc) is 2.81. The molecule has 3 rings (SSSR count). The second-order valence-corrected chi connectivity index (χ2v) is 6.38. The largest absolute Gasteiger partial charge is 0.375 e. The van der Waals surface area contributed by atoms with E-state index in [0.717, 1.165) is 12.8 Å². The molecule has 2 N–H and O–H groups in total. The van der Waals surface area contributed by atoms with Gasteiger partial charge in [-0.3, -0.25) is 0 Å². The van der Waals surface area contributed by atoms with Crippen molar-refractivity contribution in [3.05, 3.63) is 44.4 Å². The number of thiazole rings is 1. The van der Waals surface area contributed by atoms with Gasteiger partial charge in [-0.1, -0.05) is 28.1 Å². The van der Waals surface area contributed by atoms with Crippen molar-refractivity contribution in [2.24, 2.45) is 0 Å². The zero-order valence-electron chi connectivity index (χ0n) is 9.53. The number of nitrogen functional groups attached to an aromatic ring is 1. The molecule has 88 valence electrons. The lowest BCUT2D eigenvalue weighted by atomic mass is 9.97. The lowest BCUT2D eigenvalue weighted by Crippen LogP contribution is -1.95. The van der Waals surface area contributed by atoms with Gasteiger partial charge in [-0.05, 0) is 37.0 Å². The van der Waals surface area contributed by atoms with E-state index in [-0.39, 0.29) is 0 Å². The van der Waals surface area contributed by atoms with E-state index in [2.05, 4.69) is 46.0 Å². The molecule has 0 radical (unpaired) electrons. The van der Waals surface area contributed by atoms with Gasteiger partial charge in [-0.25, -0.2) is 4.98 Å². The summed E-state index contributed by atoms with van der Waals surface area (Å²) >= 11 is 5.24. The molecule has 1 atom stereocenters. The number of aromatic nitrogens is 1. The van der Waals surface area contributed by atoms with Gasteiger partial charge in [0.15, 0.2) is 5.13 Å². The molecule has 1 aromatic carbocycles. The van der Waals surface area contributed by atoms with Gasteiger partial charge in [0.05, 0.1) is 5.69 Å². The summed E-state index contributed by atoms with van der Waals surface area (Å²) in [6.45, 7) is 2.11. The van der Waals surface area contributed by atoms with Gasteiger partial charge in [0.1, 0.15) is 0 Å². The maximum Gasteiger partial charge on any atom is 0.180 e. The minimum absolute atomic E-state index is 0.483. The van der Waals surface area contributed by atoms with Crippen LogP contribution in [-0.4, -0.2) is 4.98 Å². The summed E-state index contributed by atoms with van der Waals surface area (Å²) < 4.78 is 1.18. The molecular formula is C13H13BrN2S. The zero-order valence-corrected chi connectivity index (χ0v) is 11.9. The van der Waals surface area contributed by atoms with Gasteiger partial charge in [0.2, 0.25) is 0 Å². The van der Waals surface area contributed by atoms with Gasteiger partial charge >= 0.3 is 0 Å². The van der Waals surface area contributed by atoms with Crippen molar-refractivity contribution in [2.45, 2.75) is 25.7 Å². The van der Waals surface area contributed by atoms with Crippen LogP contribution >= 0.6 is 27.3 Å². The van der Waals surface area contributed by atoms with E-state index in [1.807, 2.05) is 0 Å². The molecule has 4 heteroatoms. The quantitative estimate of drug-likeness (QED) is 0.868. The van der Waals surface area contributed by atoms with Crippen molar-refractivity contribution >= 4 is 32.4 Å². The fourth-order valence-electron chi connectivity index (χ4n) is 2.39. The van der Waals surface area contributed by atoms with Gasteiger partial charge in [-0.2, -0.15) is 0 Å². The predicted octanol–water partition coefficient (Wildman–Crippen LogP) is 3.87. The van der Waals surface area contributed by atoms with Crippen molar-refractivity contribution < 1.29 is 0 Å². The average molecular weight is 309 g/mol. The van der Waals surface area contributed by atoms with Crippen molar-refractivity contribution in [1.29, 1.82) is 0 Å². The Bertz CT molecular complexity index is 577. The van der Waals surface area contributed by atoms with Crippen molar-refractivity contribution in [3.8, 4) is 0 Å². The second-order valence-electron chi connectivity index (χ2n) is 4.46. The number of halogens is 1. The van der Waals surface area contributed by atoms with Crippen LogP contribution in [0.3, 0.4) is 0 Å². The Balaban J connectivity index is 2.03. The molecule has 0 spiro atoms. The lowest BCUT2D eigenvalue weighted by Gasteiger charge is -2.11. The van der Waals surface area contributed by atoms with E-state index in [4.69, 9.17) is 5.73 Å². The lowest BCUT2D eigenvalue weighted by molar-refractivity contribution is 0.790. The number of hydrogen-bond acceptors (Lipinski definition) is 3. The maximum atomic E-state index is 5.78. The number of nitrogens with zero attached hydrogens (tertiary/aromatic N) is 1. The summed E-state index contributed by atoms with van der Waals surface area (Å²) in [5, 5.41) is 0.700. The smallest absolute Gasteiger partial charge is 0.180 e. The van der Waals surface area contributed by atoms with E-state index in [1.54, 1.807) is 11.3 Å². The molecule has 1 unspecified atom stereocenters. The number of rotatable bonds is 1. The fourth-order valence-corrected chi connectivity index (χ4v) is 3.83. The van der Waals surface area contributed by atoms with E-state index in [0.29, 0.717) is 11.0 Å². The van der Waals surface area contributed by atoms with Crippen LogP contribution in [-0.2, 0) is 6.42 Å². The minimum atomic E-state index is 0.483. The second kappa shape index (κ2) is 4.10. The van der Waals surface area contributed by atoms with Crippen molar-refractivity contribution in [1.82, 2.24) is 4.98 Å². The first-order chi connectivity index (χ1) is 8.15. The number of hydrogen-bond donors (Lipinski definition) is 1. The van der Waals surface area contributed by atoms with Crippen LogP contribution in [0.25, 0.3) is 0 Å². The predicted molar refractivity (Wildman–Crippen MR) is 75.6 cm³/mol. The van der Waals surface area contributed by atoms with Crippen molar-refractivity contribution in [3.63, 3.8) is 0 Å². The summed E-state index contributed by atoms with van der Waals surface area (Å²) in [5.74, 6) is 0.483. The van der Waals surface area contributed by atoms with E-state index >= 15 is 0 Å². The highest BCUT2D eigenvalue weighted by Crippen LogP contribution is 2.42. The third-order valence-corrected chi connectivity index (χ3v) is 5.22. The van der Waals surface area contributed by atoms with Gasteiger partial charge in [0.25, 0.3) is 0 Å². The number of fused-ring (bicyclic) bond motifs is 1. The Hall–Kier alpha value is -0.870. The van der Waals surface area contributed by atoms with Crippen LogP contribution in [0.2, 0.25) is 0 Å². The number of anilines is 1. The van der Waals surface area contributed by atoms with Crippen LogP contribution in [0.5, 0.6) is 0 Å². The molecule has 0 bridgehead atoms. The monoisotopic (exact) mass is 308 g/mol. The third-order valence-electron chi connectivity index (χ3n) is 3.33. The Kier molecular flexibility index (Phi) is 2.71. The van der Waals surface area contributed by atoms with Gasteiger partial charge in [0, 0.05) is 15.3 Å². The molecule has 2 aromatic rings. The molecule has 1 aromatic heterocycles. The Morgan fingerprint density at radius 3 is 3.06 bits per heavy atom. The molecule has 1 aliphatic rings. The molecule has 0 aliphatic heterocycles. The first-order valence-corrected chi connectivity index (χ1v) is 7.27. The van der Waals surface area contributed by atoms with Crippen LogP contribution in [0.1, 0.15) is 34.0 Å². The Morgan fingerprint density at radius 2 is 2.29 bits per heavy atom. The third kappa shape index (κ3) is 1.89. The van der Waals surface area contributed by atoms with E-state index < -0.39 is 0 Å². The first-order valence-electron chi connectivity index (χ1n) is 5.66. The fraction of sp³-hybridized carbons (Fsp3) is 0.308. The van der Waals surface area contributed by atoms with Gasteiger partial charge in [-0.15, -0.1) is 11.3 Å². The number of nitrogens with two attached hydrogens (primary N) is 1. The normalized spacial score (nSPS) is 18.4. The standard InChI is InChI=1S/C13H13BrN2S/c1-7-2-3-8(6-10(7)14)9-4-5-11-12(9)17-13(15)16-11/h2-3,6,9H,4-5H2,1H3,(H2,15,16). The number of aryl methyl sites for hydroxylation is 2. The molecule has 2 nitrogen and oxygen atoms in total. The van der Waals surface area contributed by atoms with E-state index in [9.17, 15) is 0 Å². The van der Waals surface area contributed by atoms with Crippen molar-refractivity contribution in [2.75, 3.05) is 5.73 Å².